The highest BCUT2D eigenvalue weighted by Crippen LogP contribution is 2.37. The van der Waals surface area contributed by atoms with Crippen LogP contribution in [0.1, 0.15) is 45.6 Å². The Labute approximate surface area is 162 Å². The van der Waals surface area contributed by atoms with Gasteiger partial charge in [-0.3, -0.25) is 9.59 Å². The molecule has 1 heterocycles. The highest BCUT2D eigenvalue weighted by Gasteiger charge is 2.25. The maximum Gasteiger partial charge on any atom is 0.251 e. The van der Waals surface area contributed by atoms with Gasteiger partial charge in [0.15, 0.2) is 9.84 Å². The summed E-state index contributed by atoms with van der Waals surface area (Å²) in [7, 11) is -3.40. The first kappa shape index (κ1) is 19.6. The predicted octanol–water partition coefficient (Wildman–Crippen LogP) is 2.67. The van der Waals surface area contributed by atoms with Gasteiger partial charge in [0.2, 0.25) is 5.91 Å². The minimum atomic E-state index is -3.40. The molecule has 3 N–H and O–H groups in total. The van der Waals surface area contributed by atoms with E-state index in [0.717, 1.165) is 36.1 Å². The maximum absolute atomic E-state index is 12.3. The molecule has 27 heavy (non-hydrogen) atoms. The zero-order valence-corrected chi connectivity index (χ0v) is 16.5. The van der Waals surface area contributed by atoms with E-state index in [1.165, 1.54) is 11.3 Å². The van der Waals surface area contributed by atoms with Crippen LogP contribution in [0, 0.1) is 0 Å². The Bertz CT molecular complexity index is 950. The van der Waals surface area contributed by atoms with Crippen LogP contribution in [0.4, 0.5) is 5.00 Å². The lowest BCUT2D eigenvalue weighted by molar-refractivity contribution is -0.115. The van der Waals surface area contributed by atoms with Gasteiger partial charge in [-0.2, -0.15) is 0 Å². The molecule has 6 nitrogen and oxygen atoms in total. The van der Waals surface area contributed by atoms with Crippen molar-refractivity contribution >= 4 is 38.0 Å². The van der Waals surface area contributed by atoms with Gasteiger partial charge < -0.3 is 11.1 Å². The fourth-order valence-corrected chi connectivity index (χ4v) is 5.90. The molecule has 144 valence electrons. The molecule has 8 heteroatoms. The Balaban J connectivity index is 1.64. The van der Waals surface area contributed by atoms with E-state index >= 15 is 0 Å². The van der Waals surface area contributed by atoms with E-state index in [4.69, 9.17) is 5.73 Å². The average Bonchev–Trinajstić information content (AvgIpc) is 2.98. The molecule has 1 aliphatic carbocycles. The number of aryl methyl sites for hydroxylation is 1. The summed E-state index contributed by atoms with van der Waals surface area (Å²) < 4.78 is 24.5. The number of anilines is 1. The van der Waals surface area contributed by atoms with Gasteiger partial charge >= 0.3 is 0 Å². The Morgan fingerprint density at radius 1 is 1.11 bits per heavy atom. The van der Waals surface area contributed by atoms with Crippen LogP contribution in [0.3, 0.4) is 0 Å². The summed E-state index contributed by atoms with van der Waals surface area (Å²) in [5.74, 6) is -1.32. The van der Waals surface area contributed by atoms with Crippen molar-refractivity contribution in [3.63, 3.8) is 0 Å². The lowest BCUT2D eigenvalue weighted by atomic mass is 9.95. The molecule has 0 unspecified atom stereocenters. The normalized spacial score (nSPS) is 13.8. The first-order chi connectivity index (χ1) is 12.9. The maximum atomic E-state index is 12.3. The number of carbonyl (C=O) groups excluding carboxylic acids is 2. The Kier molecular flexibility index (Phi) is 5.96. The second kappa shape index (κ2) is 8.22. The third-order valence-corrected chi connectivity index (χ3v) is 7.35. The van der Waals surface area contributed by atoms with E-state index in [9.17, 15) is 18.0 Å². The monoisotopic (exact) mass is 406 g/mol. The summed E-state index contributed by atoms with van der Waals surface area (Å²) in [5.41, 5.74) is 7.52. The lowest BCUT2D eigenvalue weighted by Crippen LogP contribution is -2.20. The molecule has 0 atom stereocenters. The average molecular weight is 407 g/mol. The van der Waals surface area contributed by atoms with Crippen molar-refractivity contribution in [1.29, 1.82) is 0 Å². The molecule has 1 aliphatic rings. The number of primary amides is 1. The first-order valence-corrected chi connectivity index (χ1v) is 11.5. The van der Waals surface area contributed by atoms with Crippen molar-refractivity contribution in [2.75, 3.05) is 11.1 Å². The third kappa shape index (κ3) is 4.95. The Hall–Kier alpha value is -2.19. The molecule has 2 aromatic rings. The number of thiophene rings is 1. The summed E-state index contributed by atoms with van der Waals surface area (Å²) in [6.45, 7) is 0. The van der Waals surface area contributed by atoms with Gasteiger partial charge in [0, 0.05) is 11.3 Å². The highest BCUT2D eigenvalue weighted by atomic mass is 32.2. The van der Waals surface area contributed by atoms with E-state index in [0.29, 0.717) is 16.1 Å². The van der Waals surface area contributed by atoms with Gasteiger partial charge in [-0.25, -0.2) is 8.42 Å². The summed E-state index contributed by atoms with van der Waals surface area (Å²) in [5, 5.41) is 3.14. The van der Waals surface area contributed by atoms with Crippen LogP contribution in [0.2, 0.25) is 0 Å². The van der Waals surface area contributed by atoms with Gasteiger partial charge in [0.25, 0.3) is 5.91 Å². The van der Waals surface area contributed by atoms with Crippen molar-refractivity contribution in [2.24, 2.45) is 5.73 Å². The van der Waals surface area contributed by atoms with Gasteiger partial charge in [0.1, 0.15) is 5.00 Å². The summed E-state index contributed by atoms with van der Waals surface area (Å²) in [4.78, 5) is 25.2. The quantitative estimate of drug-likeness (QED) is 0.737. The zero-order valence-electron chi connectivity index (χ0n) is 14.9. The molecule has 0 spiro atoms. The van der Waals surface area contributed by atoms with E-state index in [-0.39, 0.29) is 17.9 Å². The number of hydrogen-bond donors (Lipinski definition) is 2. The number of benzene rings is 1. The van der Waals surface area contributed by atoms with Crippen LogP contribution in [-0.4, -0.2) is 26.0 Å². The number of hydrogen-bond acceptors (Lipinski definition) is 5. The second-order valence-corrected chi connectivity index (χ2v) is 9.94. The second-order valence-electron chi connectivity index (χ2n) is 6.66. The molecule has 0 fully saturated rings. The molecule has 1 aromatic heterocycles. The lowest BCUT2D eigenvalue weighted by Gasteiger charge is -2.11. The fraction of sp³-hybridized carbons (Fsp3) is 0.368. The van der Waals surface area contributed by atoms with E-state index in [2.05, 4.69) is 5.32 Å². The number of sulfone groups is 1. The van der Waals surface area contributed by atoms with Crippen LogP contribution in [0.15, 0.2) is 30.3 Å². The molecular formula is C19H22N2O4S2. The van der Waals surface area contributed by atoms with Crippen LogP contribution in [-0.2, 0) is 33.2 Å². The third-order valence-electron chi connectivity index (χ3n) is 4.54. The molecule has 0 bridgehead atoms. The SMILES string of the molecule is NC(=O)c1c(NC(=O)CCS(=O)(=O)Cc2ccccc2)sc2c1CCCC2. The van der Waals surface area contributed by atoms with Gasteiger partial charge in [-0.15, -0.1) is 11.3 Å². The van der Waals surface area contributed by atoms with Crippen molar-refractivity contribution in [3.8, 4) is 0 Å². The highest BCUT2D eigenvalue weighted by molar-refractivity contribution is 7.90. The van der Waals surface area contributed by atoms with Gasteiger partial charge in [0.05, 0.1) is 17.1 Å². The molecule has 1 aromatic carbocycles. The van der Waals surface area contributed by atoms with Crippen molar-refractivity contribution in [3.05, 3.63) is 51.9 Å². The van der Waals surface area contributed by atoms with Gasteiger partial charge in [-0.05, 0) is 36.8 Å². The van der Waals surface area contributed by atoms with Crippen molar-refractivity contribution in [1.82, 2.24) is 0 Å². The molecule has 2 amide bonds. The summed E-state index contributed by atoms with van der Waals surface area (Å²) in [6.07, 6.45) is 3.55. The molecular weight excluding hydrogens is 384 g/mol. The smallest absolute Gasteiger partial charge is 0.251 e. The minimum Gasteiger partial charge on any atom is -0.365 e. The van der Waals surface area contributed by atoms with Crippen molar-refractivity contribution in [2.45, 2.75) is 37.9 Å². The number of carbonyl (C=O) groups is 2. The number of fused-ring (bicyclic) bond motifs is 1. The Morgan fingerprint density at radius 3 is 2.52 bits per heavy atom. The summed E-state index contributed by atoms with van der Waals surface area (Å²) in [6, 6.07) is 8.86. The number of nitrogens with one attached hydrogen (secondary N) is 1. The zero-order chi connectivity index (χ0) is 19.4. The van der Waals surface area contributed by atoms with E-state index in [1.807, 2.05) is 6.07 Å². The van der Waals surface area contributed by atoms with Crippen LogP contribution in [0.5, 0.6) is 0 Å². The molecule has 0 aliphatic heterocycles. The van der Waals surface area contributed by atoms with Crippen LogP contribution < -0.4 is 11.1 Å². The van der Waals surface area contributed by atoms with Crippen molar-refractivity contribution < 1.29 is 18.0 Å². The number of rotatable bonds is 7. The van der Waals surface area contributed by atoms with Crippen LogP contribution >= 0.6 is 11.3 Å². The summed E-state index contributed by atoms with van der Waals surface area (Å²) >= 11 is 1.37. The van der Waals surface area contributed by atoms with Crippen LogP contribution in [0.25, 0.3) is 0 Å². The van der Waals surface area contributed by atoms with E-state index in [1.54, 1.807) is 24.3 Å². The Morgan fingerprint density at radius 2 is 1.81 bits per heavy atom. The predicted molar refractivity (Wildman–Crippen MR) is 107 cm³/mol. The van der Waals surface area contributed by atoms with Gasteiger partial charge in [-0.1, -0.05) is 30.3 Å². The molecule has 3 rings (SSSR count). The number of amides is 2. The molecule has 0 saturated carbocycles. The minimum absolute atomic E-state index is 0.0963. The van der Waals surface area contributed by atoms with E-state index < -0.39 is 21.7 Å². The standard InChI is InChI=1S/C19H22N2O4S2/c20-18(23)17-14-8-4-5-9-15(14)26-19(17)21-16(22)10-11-27(24,25)12-13-6-2-1-3-7-13/h1-3,6-7H,4-5,8-12H2,(H2,20,23)(H,21,22). The largest absolute Gasteiger partial charge is 0.365 e. The molecule has 0 saturated heterocycles. The molecule has 0 radical (unpaired) electrons. The topological polar surface area (TPSA) is 106 Å². The first-order valence-electron chi connectivity index (χ1n) is 8.84. The number of nitrogens with two attached hydrogens (primary N) is 1. The fourth-order valence-electron chi connectivity index (χ4n) is 3.25.